The minimum atomic E-state index is -0.556. The summed E-state index contributed by atoms with van der Waals surface area (Å²) in [5, 5.41) is 13.9. The molecule has 0 aliphatic rings. The van der Waals surface area contributed by atoms with Gasteiger partial charge in [0.05, 0.1) is 13.2 Å². The predicted octanol–water partition coefficient (Wildman–Crippen LogP) is 2.67. The fraction of sp³-hybridized carbons (Fsp3) is 0.600. The third kappa shape index (κ3) is 3.47. The smallest absolute Gasteiger partial charge is 0.124 e. The van der Waals surface area contributed by atoms with E-state index in [1.54, 1.807) is 7.11 Å². The van der Waals surface area contributed by atoms with Crippen LogP contribution in [-0.2, 0) is 0 Å². The minimum Gasteiger partial charge on any atom is -0.496 e. The molecule has 0 amide bonds. The van der Waals surface area contributed by atoms with E-state index in [0.717, 1.165) is 23.4 Å². The zero-order chi connectivity index (χ0) is 13.7. The van der Waals surface area contributed by atoms with Crippen molar-refractivity contribution in [2.24, 2.45) is 5.92 Å². The number of aliphatic hydroxyl groups excluding tert-OH is 1. The SMILES string of the molecule is CCNC(C(C)C)C(O)c1cc(C)ccc1OC. The van der Waals surface area contributed by atoms with Crippen LogP contribution >= 0.6 is 0 Å². The van der Waals surface area contributed by atoms with Crippen molar-refractivity contribution in [1.29, 1.82) is 0 Å². The van der Waals surface area contributed by atoms with Crippen molar-refractivity contribution in [2.75, 3.05) is 13.7 Å². The summed E-state index contributed by atoms with van der Waals surface area (Å²) in [6, 6.07) is 5.94. The lowest BCUT2D eigenvalue weighted by Gasteiger charge is -2.28. The lowest BCUT2D eigenvalue weighted by atomic mass is 9.92. The summed E-state index contributed by atoms with van der Waals surface area (Å²) < 4.78 is 5.34. The van der Waals surface area contributed by atoms with Crippen LogP contribution < -0.4 is 10.1 Å². The Labute approximate surface area is 110 Å². The number of likely N-dealkylation sites (N-methyl/N-ethyl adjacent to an activating group) is 1. The Bertz CT molecular complexity index is 377. The predicted molar refractivity (Wildman–Crippen MR) is 75.0 cm³/mol. The van der Waals surface area contributed by atoms with Crippen LogP contribution in [0.1, 0.15) is 38.0 Å². The van der Waals surface area contributed by atoms with Crippen LogP contribution in [0.2, 0.25) is 0 Å². The third-order valence-electron chi connectivity index (χ3n) is 3.20. The lowest BCUT2D eigenvalue weighted by molar-refractivity contribution is 0.103. The fourth-order valence-corrected chi connectivity index (χ4v) is 2.23. The number of methoxy groups -OCH3 is 1. The van der Waals surface area contributed by atoms with Gasteiger partial charge >= 0.3 is 0 Å². The first kappa shape index (κ1) is 15.0. The number of rotatable bonds is 6. The molecular formula is C15H25NO2. The molecule has 102 valence electrons. The van der Waals surface area contributed by atoms with Gasteiger partial charge in [0.25, 0.3) is 0 Å². The van der Waals surface area contributed by atoms with Gasteiger partial charge in [0.1, 0.15) is 5.75 Å². The molecule has 1 rings (SSSR count). The van der Waals surface area contributed by atoms with Gasteiger partial charge in [-0.1, -0.05) is 32.4 Å². The van der Waals surface area contributed by atoms with Gasteiger partial charge in [-0.2, -0.15) is 0 Å². The van der Waals surface area contributed by atoms with Gasteiger partial charge in [0.2, 0.25) is 0 Å². The van der Waals surface area contributed by atoms with Crippen LogP contribution in [0.5, 0.6) is 5.75 Å². The Balaban J connectivity index is 3.06. The van der Waals surface area contributed by atoms with Crippen molar-refractivity contribution in [1.82, 2.24) is 5.32 Å². The van der Waals surface area contributed by atoms with E-state index < -0.39 is 6.10 Å². The standard InChI is InChI=1S/C15H25NO2/c1-6-16-14(10(2)3)15(17)12-9-11(4)7-8-13(12)18-5/h7-10,14-17H,6H2,1-5H3. The Hall–Kier alpha value is -1.06. The topological polar surface area (TPSA) is 41.5 Å². The lowest BCUT2D eigenvalue weighted by Crippen LogP contribution is -2.39. The molecule has 18 heavy (non-hydrogen) atoms. The first-order valence-electron chi connectivity index (χ1n) is 6.57. The van der Waals surface area contributed by atoms with Gasteiger partial charge in [0.15, 0.2) is 0 Å². The molecule has 0 bridgehead atoms. The summed E-state index contributed by atoms with van der Waals surface area (Å²) in [6.45, 7) is 9.13. The van der Waals surface area contributed by atoms with Crippen LogP contribution in [0.25, 0.3) is 0 Å². The molecule has 0 fully saturated rings. The van der Waals surface area contributed by atoms with Crippen molar-refractivity contribution in [3.63, 3.8) is 0 Å². The van der Waals surface area contributed by atoms with Crippen LogP contribution in [-0.4, -0.2) is 24.8 Å². The second-order valence-electron chi connectivity index (χ2n) is 5.02. The zero-order valence-corrected chi connectivity index (χ0v) is 12.0. The molecule has 0 saturated carbocycles. The van der Waals surface area contributed by atoms with E-state index in [2.05, 4.69) is 26.1 Å². The first-order valence-corrected chi connectivity index (χ1v) is 6.57. The molecule has 0 heterocycles. The molecule has 0 aromatic heterocycles. The fourth-order valence-electron chi connectivity index (χ4n) is 2.23. The van der Waals surface area contributed by atoms with E-state index in [4.69, 9.17) is 4.74 Å². The second-order valence-corrected chi connectivity index (χ2v) is 5.02. The summed E-state index contributed by atoms with van der Waals surface area (Å²) in [6.07, 6.45) is -0.556. The third-order valence-corrected chi connectivity index (χ3v) is 3.20. The number of nitrogens with one attached hydrogen (secondary N) is 1. The van der Waals surface area contributed by atoms with E-state index in [1.165, 1.54) is 0 Å². The largest absolute Gasteiger partial charge is 0.496 e. The van der Waals surface area contributed by atoms with E-state index in [0.29, 0.717) is 5.92 Å². The molecule has 1 aromatic rings. The number of ether oxygens (including phenoxy) is 1. The van der Waals surface area contributed by atoms with Crippen molar-refractivity contribution >= 4 is 0 Å². The summed E-state index contributed by atoms with van der Waals surface area (Å²) in [5.74, 6) is 1.10. The number of hydrogen-bond donors (Lipinski definition) is 2. The van der Waals surface area contributed by atoms with Gasteiger partial charge in [-0.15, -0.1) is 0 Å². The Morgan fingerprint density at radius 3 is 2.50 bits per heavy atom. The highest BCUT2D eigenvalue weighted by Crippen LogP contribution is 2.30. The molecule has 2 atom stereocenters. The Kier molecular flexibility index (Phi) is 5.63. The average molecular weight is 251 g/mol. The highest BCUT2D eigenvalue weighted by atomic mass is 16.5. The molecule has 2 N–H and O–H groups in total. The monoisotopic (exact) mass is 251 g/mol. The van der Waals surface area contributed by atoms with Crippen molar-refractivity contribution in [3.05, 3.63) is 29.3 Å². The van der Waals surface area contributed by atoms with Gasteiger partial charge in [0, 0.05) is 11.6 Å². The molecule has 3 nitrogen and oxygen atoms in total. The summed E-state index contributed by atoms with van der Waals surface area (Å²) in [4.78, 5) is 0. The summed E-state index contributed by atoms with van der Waals surface area (Å²) in [5.41, 5.74) is 1.99. The summed E-state index contributed by atoms with van der Waals surface area (Å²) >= 11 is 0. The minimum absolute atomic E-state index is 0.0331. The number of hydrogen-bond acceptors (Lipinski definition) is 3. The maximum atomic E-state index is 10.6. The Morgan fingerprint density at radius 2 is 2.00 bits per heavy atom. The molecule has 0 aliphatic carbocycles. The van der Waals surface area contributed by atoms with Gasteiger partial charge < -0.3 is 15.2 Å². The van der Waals surface area contributed by atoms with E-state index >= 15 is 0 Å². The van der Waals surface area contributed by atoms with E-state index in [1.807, 2.05) is 25.1 Å². The van der Waals surface area contributed by atoms with E-state index in [9.17, 15) is 5.11 Å². The van der Waals surface area contributed by atoms with Crippen LogP contribution in [0.15, 0.2) is 18.2 Å². The van der Waals surface area contributed by atoms with Crippen LogP contribution in [0, 0.1) is 12.8 Å². The zero-order valence-electron chi connectivity index (χ0n) is 12.0. The van der Waals surface area contributed by atoms with Crippen molar-refractivity contribution in [3.8, 4) is 5.75 Å². The first-order chi connectivity index (χ1) is 8.51. The molecule has 1 aromatic carbocycles. The molecule has 0 radical (unpaired) electrons. The van der Waals surface area contributed by atoms with Crippen molar-refractivity contribution < 1.29 is 9.84 Å². The number of aryl methyl sites for hydroxylation is 1. The molecule has 3 heteroatoms. The molecule has 0 aliphatic heterocycles. The van der Waals surface area contributed by atoms with Crippen LogP contribution in [0.4, 0.5) is 0 Å². The maximum absolute atomic E-state index is 10.6. The van der Waals surface area contributed by atoms with Gasteiger partial charge in [-0.25, -0.2) is 0 Å². The van der Waals surface area contributed by atoms with Gasteiger partial charge in [-0.3, -0.25) is 0 Å². The van der Waals surface area contributed by atoms with E-state index in [-0.39, 0.29) is 6.04 Å². The number of aliphatic hydroxyl groups is 1. The average Bonchev–Trinajstić information content (AvgIpc) is 2.34. The Morgan fingerprint density at radius 1 is 1.33 bits per heavy atom. The highest BCUT2D eigenvalue weighted by Gasteiger charge is 2.25. The second kappa shape index (κ2) is 6.76. The van der Waals surface area contributed by atoms with Crippen molar-refractivity contribution in [2.45, 2.75) is 39.8 Å². The molecule has 2 unspecified atom stereocenters. The normalized spacial score (nSPS) is 14.6. The number of benzene rings is 1. The van der Waals surface area contributed by atoms with Gasteiger partial charge in [-0.05, 0) is 31.5 Å². The molecular weight excluding hydrogens is 226 g/mol. The van der Waals surface area contributed by atoms with Crippen LogP contribution in [0.3, 0.4) is 0 Å². The molecule has 0 saturated heterocycles. The quantitative estimate of drug-likeness (QED) is 0.816. The summed E-state index contributed by atoms with van der Waals surface area (Å²) in [7, 11) is 1.64. The highest BCUT2D eigenvalue weighted by molar-refractivity contribution is 5.39. The maximum Gasteiger partial charge on any atom is 0.124 e. The molecule has 0 spiro atoms.